The van der Waals surface area contributed by atoms with Gasteiger partial charge in [-0.3, -0.25) is 4.79 Å². The van der Waals surface area contributed by atoms with Gasteiger partial charge in [0.05, 0.1) is 10.9 Å². The number of aromatic nitrogens is 1. The highest BCUT2D eigenvalue weighted by Gasteiger charge is 2.23. The molecule has 0 bridgehead atoms. The number of aromatic amines is 1. The van der Waals surface area contributed by atoms with Crippen molar-refractivity contribution in [3.63, 3.8) is 0 Å². The lowest BCUT2D eigenvalue weighted by atomic mass is 10.2. The number of amides is 1. The second-order valence-corrected chi connectivity index (χ2v) is 5.70. The molecule has 0 spiro atoms. The maximum absolute atomic E-state index is 12.0. The Morgan fingerprint density at radius 2 is 2.28 bits per heavy atom. The van der Waals surface area contributed by atoms with E-state index in [1.807, 2.05) is 0 Å². The first-order valence-electron chi connectivity index (χ1n) is 5.93. The smallest absolute Gasteiger partial charge is 0.354 e. The molecule has 0 saturated carbocycles. The summed E-state index contributed by atoms with van der Waals surface area (Å²) in [6.45, 7) is 1.76. The third kappa shape index (κ3) is 2.87. The molecule has 1 aromatic rings. The van der Waals surface area contributed by atoms with Crippen LogP contribution in [0.5, 0.6) is 0 Å². The van der Waals surface area contributed by atoms with Crippen molar-refractivity contribution in [2.24, 2.45) is 0 Å². The molecule has 1 amide bonds. The minimum atomic E-state index is -1.06. The number of H-pyrrole nitrogens is 1. The monoisotopic (exact) mass is 268 g/mol. The summed E-state index contributed by atoms with van der Waals surface area (Å²) >= 11 is 1.64. The lowest BCUT2D eigenvalue weighted by molar-refractivity contribution is -0.115. The third-order valence-electron chi connectivity index (χ3n) is 2.90. The number of carbonyl (C=O) groups excluding carboxylic acids is 1. The van der Waals surface area contributed by atoms with Gasteiger partial charge in [0.15, 0.2) is 0 Å². The lowest BCUT2D eigenvalue weighted by Gasteiger charge is -2.20. The molecule has 98 valence electrons. The van der Waals surface area contributed by atoms with Crippen LogP contribution in [0.2, 0.25) is 0 Å². The number of hydrogen-bond donors (Lipinski definition) is 3. The summed E-state index contributed by atoms with van der Waals surface area (Å²) < 4.78 is 0. The van der Waals surface area contributed by atoms with Crippen LogP contribution in [0, 0.1) is 6.92 Å². The number of carbonyl (C=O) groups is 2. The topological polar surface area (TPSA) is 82.2 Å². The highest BCUT2D eigenvalue weighted by atomic mass is 32.2. The summed E-state index contributed by atoms with van der Waals surface area (Å²) in [6, 6.07) is 1.65. The van der Waals surface area contributed by atoms with E-state index in [1.165, 1.54) is 0 Å². The van der Waals surface area contributed by atoms with Crippen molar-refractivity contribution in [1.29, 1.82) is 0 Å². The number of nitrogens with one attached hydrogen (secondary N) is 2. The molecular formula is C12H16N2O3S. The van der Waals surface area contributed by atoms with Crippen molar-refractivity contribution in [1.82, 2.24) is 4.98 Å². The number of carboxylic acids is 1. The number of hydrogen-bond acceptors (Lipinski definition) is 3. The number of aromatic carboxylic acids is 1. The van der Waals surface area contributed by atoms with E-state index < -0.39 is 5.97 Å². The van der Waals surface area contributed by atoms with Gasteiger partial charge in [-0.1, -0.05) is 6.42 Å². The normalized spacial score (nSPS) is 19.5. The molecule has 0 radical (unpaired) electrons. The molecule has 1 atom stereocenters. The molecule has 2 heterocycles. The minimum Gasteiger partial charge on any atom is -0.477 e. The van der Waals surface area contributed by atoms with Gasteiger partial charge in [0.2, 0.25) is 5.91 Å². The molecule has 6 heteroatoms. The molecule has 1 aliphatic heterocycles. The number of aryl methyl sites for hydroxylation is 1. The van der Waals surface area contributed by atoms with E-state index in [0.29, 0.717) is 5.69 Å². The van der Waals surface area contributed by atoms with Crippen LogP contribution in [0.3, 0.4) is 0 Å². The van der Waals surface area contributed by atoms with Crippen LogP contribution in [0.25, 0.3) is 0 Å². The molecule has 2 rings (SSSR count). The fourth-order valence-corrected chi connectivity index (χ4v) is 3.22. The number of thioether (sulfide) groups is 1. The summed E-state index contributed by atoms with van der Waals surface area (Å²) in [7, 11) is 0. The SMILES string of the molecule is Cc1cc(NC(=O)C2CCCCS2)c(C(=O)O)[nH]1. The van der Waals surface area contributed by atoms with Crippen molar-refractivity contribution in [2.75, 3.05) is 11.1 Å². The Morgan fingerprint density at radius 1 is 1.50 bits per heavy atom. The first-order valence-corrected chi connectivity index (χ1v) is 6.98. The third-order valence-corrected chi connectivity index (χ3v) is 4.27. The summed E-state index contributed by atoms with van der Waals surface area (Å²) in [4.78, 5) is 25.7. The Bertz CT molecular complexity index is 464. The molecule has 1 aromatic heterocycles. The highest BCUT2D eigenvalue weighted by Crippen LogP contribution is 2.27. The van der Waals surface area contributed by atoms with Gasteiger partial charge in [-0.25, -0.2) is 4.79 Å². The maximum atomic E-state index is 12.0. The molecule has 1 saturated heterocycles. The van der Waals surface area contributed by atoms with Crippen LogP contribution < -0.4 is 5.32 Å². The first kappa shape index (κ1) is 13.0. The lowest BCUT2D eigenvalue weighted by Crippen LogP contribution is -2.28. The number of rotatable bonds is 3. The quantitative estimate of drug-likeness (QED) is 0.785. The number of carboxylic acid groups (broad SMARTS) is 1. The van der Waals surface area contributed by atoms with Crippen LogP contribution in [-0.4, -0.2) is 33.0 Å². The number of anilines is 1. The molecule has 1 aliphatic rings. The Kier molecular flexibility index (Phi) is 3.96. The van der Waals surface area contributed by atoms with Gasteiger partial charge in [0, 0.05) is 5.69 Å². The largest absolute Gasteiger partial charge is 0.477 e. The van der Waals surface area contributed by atoms with Crippen LogP contribution in [-0.2, 0) is 4.79 Å². The highest BCUT2D eigenvalue weighted by molar-refractivity contribution is 8.00. The van der Waals surface area contributed by atoms with Crippen molar-refractivity contribution in [3.8, 4) is 0 Å². The zero-order valence-electron chi connectivity index (χ0n) is 10.2. The maximum Gasteiger partial charge on any atom is 0.354 e. The average molecular weight is 268 g/mol. The van der Waals surface area contributed by atoms with E-state index in [2.05, 4.69) is 10.3 Å². The fourth-order valence-electron chi connectivity index (χ4n) is 2.02. The first-order chi connectivity index (χ1) is 8.58. The molecule has 5 nitrogen and oxygen atoms in total. The van der Waals surface area contributed by atoms with E-state index >= 15 is 0 Å². The molecule has 3 N–H and O–H groups in total. The average Bonchev–Trinajstić information content (AvgIpc) is 2.71. The summed E-state index contributed by atoms with van der Waals surface area (Å²) in [6.07, 6.45) is 3.07. The Balaban J connectivity index is 2.08. The van der Waals surface area contributed by atoms with Crippen molar-refractivity contribution < 1.29 is 14.7 Å². The molecule has 0 aliphatic carbocycles. The van der Waals surface area contributed by atoms with Gasteiger partial charge in [0.1, 0.15) is 5.69 Å². The second kappa shape index (κ2) is 5.48. The van der Waals surface area contributed by atoms with Gasteiger partial charge in [-0.05, 0) is 31.6 Å². The summed E-state index contributed by atoms with van der Waals surface area (Å²) in [5, 5.41) is 11.7. The molecule has 18 heavy (non-hydrogen) atoms. The Morgan fingerprint density at radius 3 is 2.89 bits per heavy atom. The van der Waals surface area contributed by atoms with E-state index in [4.69, 9.17) is 5.11 Å². The van der Waals surface area contributed by atoms with Gasteiger partial charge in [-0.2, -0.15) is 0 Å². The van der Waals surface area contributed by atoms with Crippen LogP contribution in [0.1, 0.15) is 35.4 Å². The van der Waals surface area contributed by atoms with Gasteiger partial charge < -0.3 is 15.4 Å². The Labute approximate surface area is 109 Å². The molecule has 0 aromatic carbocycles. The second-order valence-electron chi connectivity index (χ2n) is 4.39. The van der Waals surface area contributed by atoms with E-state index in [-0.39, 0.29) is 16.9 Å². The minimum absolute atomic E-state index is 0.0432. The van der Waals surface area contributed by atoms with Crippen molar-refractivity contribution in [2.45, 2.75) is 31.4 Å². The van der Waals surface area contributed by atoms with Gasteiger partial charge in [-0.15, -0.1) is 11.8 Å². The van der Waals surface area contributed by atoms with Gasteiger partial charge in [0.25, 0.3) is 0 Å². The van der Waals surface area contributed by atoms with Crippen LogP contribution in [0.15, 0.2) is 6.07 Å². The fraction of sp³-hybridized carbons (Fsp3) is 0.500. The zero-order valence-corrected chi connectivity index (χ0v) is 11.0. The molecule has 1 unspecified atom stereocenters. The summed E-state index contributed by atoms with van der Waals surface area (Å²) in [5.74, 6) is -0.161. The van der Waals surface area contributed by atoms with E-state index in [1.54, 1.807) is 24.8 Å². The Hall–Kier alpha value is -1.43. The predicted octanol–water partition coefficient (Wildman–Crippen LogP) is 2.25. The molecule has 1 fully saturated rings. The van der Waals surface area contributed by atoms with E-state index in [0.717, 1.165) is 30.7 Å². The predicted molar refractivity (Wildman–Crippen MR) is 71.2 cm³/mol. The zero-order chi connectivity index (χ0) is 13.1. The van der Waals surface area contributed by atoms with Crippen LogP contribution >= 0.6 is 11.8 Å². The van der Waals surface area contributed by atoms with Crippen molar-refractivity contribution >= 4 is 29.3 Å². The standard InChI is InChI=1S/C12H16N2O3S/c1-7-6-8(10(13-7)12(16)17)14-11(15)9-4-2-3-5-18-9/h6,9,13H,2-5H2,1H3,(H,14,15)(H,16,17). The van der Waals surface area contributed by atoms with E-state index in [9.17, 15) is 9.59 Å². The van der Waals surface area contributed by atoms with Crippen molar-refractivity contribution in [3.05, 3.63) is 17.5 Å². The van der Waals surface area contributed by atoms with Crippen LogP contribution in [0.4, 0.5) is 5.69 Å². The molecular weight excluding hydrogens is 252 g/mol. The van der Waals surface area contributed by atoms with Gasteiger partial charge >= 0.3 is 5.97 Å². The summed E-state index contributed by atoms with van der Waals surface area (Å²) in [5.41, 5.74) is 1.12.